The van der Waals surface area contributed by atoms with Gasteiger partial charge in [-0.25, -0.2) is 0 Å². The van der Waals surface area contributed by atoms with Gasteiger partial charge in [-0.3, -0.25) is 0 Å². The molecule has 11 heavy (non-hydrogen) atoms. The minimum absolute atomic E-state index is 0.193. The van der Waals surface area contributed by atoms with Crippen molar-refractivity contribution in [2.24, 2.45) is 0 Å². The van der Waals surface area contributed by atoms with E-state index in [1.807, 2.05) is 0 Å². The van der Waals surface area contributed by atoms with E-state index in [0.29, 0.717) is 0 Å². The van der Waals surface area contributed by atoms with Crippen LogP contribution in [-0.2, 0) is 12.6 Å². The molecule has 0 amide bonds. The van der Waals surface area contributed by atoms with E-state index in [0.717, 1.165) is 16.7 Å². The van der Waals surface area contributed by atoms with Crippen LogP contribution < -0.4 is 0 Å². The van der Waals surface area contributed by atoms with Crippen LogP contribution in [0, 0.1) is 6.92 Å². The van der Waals surface area contributed by atoms with Crippen LogP contribution in [0.2, 0.25) is 0 Å². The smallest absolute Gasteiger partial charge is 0.166 e. The van der Waals surface area contributed by atoms with Gasteiger partial charge in [-0.15, -0.1) is 0 Å². The van der Waals surface area contributed by atoms with Crippen LogP contribution >= 0.6 is 11.3 Å². The van der Waals surface area contributed by atoms with Crippen molar-refractivity contribution in [3.05, 3.63) is 28.8 Å². The lowest BCUT2D eigenvalue weighted by molar-refractivity contribution is -0.137. The number of alkyl halides is 3. The Labute approximate surface area is 66.7 Å². The monoisotopic (exact) mass is 179 g/mol. The number of halogens is 3. The van der Waals surface area contributed by atoms with Crippen LogP contribution in [0.4, 0.5) is 13.2 Å². The van der Waals surface area contributed by atoms with Crippen molar-refractivity contribution in [3.8, 4) is 0 Å². The average molecular weight is 179 g/mol. The van der Waals surface area contributed by atoms with Crippen molar-refractivity contribution in [1.82, 2.24) is 0 Å². The molecule has 0 aliphatic rings. The minimum atomic E-state index is -4.22. The van der Waals surface area contributed by atoms with E-state index >= 15 is 0 Å². The lowest BCUT2D eigenvalue weighted by atomic mass is 10.1. The molecule has 0 spiro atoms. The van der Waals surface area contributed by atoms with E-state index < -0.39 is 11.7 Å². The first-order chi connectivity index (χ1) is 5.05. The highest BCUT2D eigenvalue weighted by Crippen LogP contribution is 2.34. The first kappa shape index (κ1) is 8.59. The Morgan fingerprint density at radius 1 is 1.36 bits per heavy atom. The third kappa shape index (κ3) is 1.74. The van der Waals surface area contributed by atoms with E-state index in [2.05, 4.69) is 6.92 Å². The fourth-order valence-corrected chi connectivity index (χ4v) is 1.66. The number of rotatable bonds is 1. The highest BCUT2D eigenvalue weighted by Gasteiger charge is 2.33. The Bertz CT molecular complexity index is 236. The van der Waals surface area contributed by atoms with Crippen molar-refractivity contribution in [2.75, 3.05) is 0 Å². The molecule has 0 unspecified atom stereocenters. The van der Waals surface area contributed by atoms with Crippen LogP contribution in [0.3, 0.4) is 0 Å². The molecule has 0 aliphatic heterocycles. The molecule has 1 aromatic rings. The van der Waals surface area contributed by atoms with E-state index in [1.165, 1.54) is 5.38 Å². The highest BCUT2D eigenvalue weighted by atomic mass is 32.1. The molecule has 1 heterocycles. The number of hydrogen-bond donors (Lipinski definition) is 0. The molecule has 1 aromatic heterocycles. The maximum absolute atomic E-state index is 12.0. The van der Waals surface area contributed by atoms with Gasteiger partial charge in [0, 0.05) is 5.38 Å². The van der Waals surface area contributed by atoms with Crippen LogP contribution in [0.5, 0.6) is 0 Å². The Morgan fingerprint density at radius 2 is 2.00 bits per heavy atom. The molecule has 0 aromatic carbocycles. The van der Waals surface area contributed by atoms with Gasteiger partial charge in [-0.05, 0) is 24.3 Å². The van der Waals surface area contributed by atoms with Gasteiger partial charge < -0.3 is 0 Å². The fraction of sp³-hybridized carbons (Fsp3) is 0.286. The molecule has 1 rings (SSSR count). The van der Waals surface area contributed by atoms with Crippen LogP contribution in [-0.4, -0.2) is 0 Å². The summed E-state index contributed by atoms with van der Waals surface area (Å²) < 4.78 is 36.1. The zero-order valence-corrected chi connectivity index (χ0v) is 6.43. The molecule has 61 valence electrons. The Hall–Kier alpha value is -0.510. The van der Waals surface area contributed by atoms with Gasteiger partial charge in [0.15, 0.2) is 0 Å². The van der Waals surface area contributed by atoms with Gasteiger partial charge in [0.2, 0.25) is 0 Å². The van der Waals surface area contributed by atoms with Crippen molar-refractivity contribution < 1.29 is 13.2 Å². The first-order valence-corrected chi connectivity index (χ1v) is 3.91. The lowest BCUT2D eigenvalue weighted by Crippen LogP contribution is -2.05. The Kier molecular flexibility index (Phi) is 2.23. The van der Waals surface area contributed by atoms with E-state index in [1.54, 1.807) is 0 Å². The van der Waals surface area contributed by atoms with Crippen LogP contribution in [0.1, 0.15) is 11.1 Å². The van der Waals surface area contributed by atoms with Gasteiger partial charge >= 0.3 is 6.18 Å². The van der Waals surface area contributed by atoms with Gasteiger partial charge in [0.1, 0.15) is 0 Å². The molecule has 1 radical (unpaired) electrons. The first-order valence-electron chi connectivity index (χ1n) is 2.97. The molecule has 4 heteroatoms. The fourth-order valence-electron chi connectivity index (χ4n) is 0.766. The van der Waals surface area contributed by atoms with Crippen molar-refractivity contribution in [1.29, 1.82) is 0 Å². The summed E-state index contributed by atoms with van der Waals surface area (Å²) in [6.45, 7) is 3.41. The third-order valence-corrected chi connectivity index (χ3v) is 2.11. The summed E-state index contributed by atoms with van der Waals surface area (Å²) in [4.78, 5) is 0. The normalized spacial score (nSPS) is 12.0. The molecule has 0 saturated heterocycles. The zero-order valence-electron chi connectivity index (χ0n) is 5.61. The molecule has 0 bridgehead atoms. The van der Waals surface area contributed by atoms with Gasteiger partial charge in [-0.2, -0.15) is 24.5 Å². The molecule has 0 saturated carbocycles. The van der Waals surface area contributed by atoms with Gasteiger partial charge in [-0.1, -0.05) is 0 Å². The average Bonchev–Trinajstić information content (AvgIpc) is 2.31. The van der Waals surface area contributed by atoms with Gasteiger partial charge in [0.05, 0.1) is 5.56 Å². The molecule has 0 fully saturated rings. The maximum atomic E-state index is 12.0. The summed E-state index contributed by atoms with van der Waals surface area (Å²) >= 11 is 1.06. The molecular weight excluding hydrogens is 173 g/mol. The largest absolute Gasteiger partial charge is 0.417 e. The molecule has 0 nitrogen and oxygen atoms in total. The van der Waals surface area contributed by atoms with Crippen LogP contribution in [0.15, 0.2) is 10.8 Å². The summed E-state index contributed by atoms with van der Waals surface area (Å²) in [6.07, 6.45) is -4.02. The summed E-state index contributed by atoms with van der Waals surface area (Å²) in [5, 5.41) is 2.59. The SMILES string of the molecule is [CH2]Cc1cscc1C(F)(F)F. The van der Waals surface area contributed by atoms with E-state index in [9.17, 15) is 13.2 Å². The van der Waals surface area contributed by atoms with Crippen molar-refractivity contribution in [2.45, 2.75) is 12.6 Å². The highest BCUT2D eigenvalue weighted by molar-refractivity contribution is 7.08. The number of thiophene rings is 1. The molecule has 0 aliphatic carbocycles. The lowest BCUT2D eigenvalue weighted by Gasteiger charge is -2.05. The van der Waals surface area contributed by atoms with Gasteiger partial charge in [0.25, 0.3) is 0 Å². The predicted molar refractivity (Wildman–Crippen MR) is 38.4 cm³/mol. The predicted octanol–water partition coefficient (Wildman–Crippen LogP) is 3.14. The quantitative estimate of drug-likeness (QED) is 0.621. The second-order valence-electron chi connectivity index (χ2n) is 2.06. The molecule has 0 atom stereocenters. The second kappa shape index (κ2) is 2.85. The van der Waals surface area contributed by atoms with Crippen molar-refractivity contribution in [3.63, 3.8) is 0 Å². The summed E-state index contributed by atoms with van der Waals surface area (Å²) in [6, 6.07) is 0. The van der Waals surface area contributed by atoms with E-state index in [4.69, 9.17) is 0 Å². The van der Waals surface area contributed by atoms with Crippen LogP contribution in [0.25, 0.3) is 0 Å². The standard InChI is InChI=1S/C7H6F3S/c1-2-5-3-11-4-6(5)7(8,9)10/h3-4H,1-2H2. The zero-order chi connectivity index (χ0) is 8.48. The summed E-state index contributed by atoms with van der Waals surface area (Å²) in [5.74, 6) is 0. The molecule has 0 N–H and O–H groups in total. The summed E-state index contributed by atoms with van der Waals surface area (Å²) in [5.41, 5.74) is -0.264. The third-order valence-electron chi connectivity index (χ3n) is 1.32. The summed E-state index contributed by atoms with van der Waals surface area (Å²) in [7, 11) is 0. The topological polar surface area (TPSA) is 0 Å². The maximum Gasteiger partial charge on any atom is 0.417 e. The van der Waals surface area contributed by atoms with E-state index in [-0.39, 0.29) is 12.0 Å². The Balaban J connectivity index is 3.02. The Morgan fingerprint density at radius 3 is 2.36 bits per heavy atom. The second-order valence-corrected chi connectivity index (χ2v) is 2.80. The van der Waals surface area contributed by atoms with Crippen molar-refractivity contribution >= 4 is 11.3 Å². The molecular formula is C7H6F3S. The minimum Gasteiger partial charge on any atom is -0.166 e. The number of hydrogen-bond acceptors (Lipinski definition) is 1.